The van der Waals surface area contributed by atoms with Crippen molar-refractivity contribution < 1.29 is 8.78 Å². The Morgan fingerprint density at radius 3 is 2.62 bits per heavy atom. The number of nitrogens with zero attached hydrogens (tertiary/aromatic N) is 6. The van der Waals surface area contributed by atoms with Gasteiger partial charge in [0, 0.05) is 6.20 Å². The van der Waals surface area contributed by atoms with E-state index < -0.39 is 23.4 Å². The van der Waals surface area contributed by atoms with E-state index in [0.29, 0.717) is 28.2 Å². The quantitative estimate of drug-likeness (QED) is 0.509. The molecule has 0 spiro atoms. The average molecular weight is 393 g/mol. The monoisotopic (exact) mass is 393 g/mol. The molecule has 0 aromatic carbocycles. The zero-order valence-corrected chi connectivity index (χ0v) is 15.0. The van der Waals surface area contributed by atoms with Crippen LogP contribution in [0.1, 0.15) is 18.7 Å². The Kier molecular flexibility index (Phi) is 3.73. The molecule has 1 N–H and O–H groups in total. The molecule has 0 radical (unpaired) electrons. The number of imidazole rings is 2. The van der Waals surface area contributed by atoms with E-state index in [1.54, 1.807) is 13.0 Å². The van der Waals surface area contributed by atoms with E-state index in [1.165, 1.54) is 45.8 Å². The number of halogens is 2. The van der Waals surface area contributed by atoms with Crippen molar-refractivity contribution in [3.63, 3.8) is 0 Å². The van der Waals surface area contributed by atoms with Crippen LogP contribution in [-0.2, 0) is 0 Å². The van der Waals surface area contributed by atoms with Gasteiger partial charge in [-0.1, -0.05) is 0 Å². The van der Waals surface area contributed by atoms with Gasteiger partial charge in [0.15, 0.2) is 11.5 Å². The van der Waals surface area contributed by atoms with Gasteiger partial charge in [-0.25, -0.2) is 28.5 Å². The molecular weight excluding hydrogens is 380 g/mol. The van der Waals surface area contributed by atoms with Crippen molar-refractivity contribution in [2.45, 2.75) is 13.0 Å². The fourth-order valence-corrected chi connectivity index (χ4v) is 3.29. The highest BCUT2D eigenvalue weighted by molar-refractivity contribution is 5.73. The Labute approximate surface area is 161 Å². The van der Waals surface area contributed by atoms with Gasteiger partial charge in [-0.3, -0.25) is 14.0 Å². The fraction of sp³-hybridized carbons (Fsp3) is 0.105. The number of pyridine rings is 2. The van der Waals surface area contributed by atoms with Crippen molar-refractivity contribution in [3.8, 4) is 11.5 Å². The molecular formula is C19H13F2N7O. The molecule has 0 unspecified atom stereocenters. The second-order valence-corrected chi connectivity index (χ2v) is 6.53. The van der Waals surface area contributed by atoms with Gasteiger partial charge in [-0.2, -0.15) is 0 Å². The summed E-state index contributed by atoms with van der Waals surface area (Å²) in [4.78, 5) is 32.3. The standard InChI is InChI=1S/C19H13F2N7O/c1-10(13-4-2-11(20)6-22-13)28-18-14(25-19(28)29)7-24-17(26-18)15-8-23-16-5-3-12(21)9-27(15)16/h2-10H,1H3,(H,25,29)/t10-/m0/s1. The Morgan fingerprint density at radius 1 is 1.00 bits per heavy atom. The molecule has 144 valence electrons. The van der Waals surface area contributed by atoms with Crippen molar-refractivity contribution in [1.82, 2.24) is 33.9 Å². The molecule has 5 aromatic heterocycles. The second-order valence-electron chi connectivity index (χ2n) is 6.53. The summed E-state index contributed by atoms with van der Waals surface area (Å²) in [7, 11) is 0. The van der Waals surface area contributed by atoms with Crippen molar-refractivity contribution in [2.24, 2.45) is 0 Å². The normalized spacial score (nSPS) is 12.7. The van der Waals surface area contributed by atoms with Gasteiger partial charge in [0.25, 0.3) is 0 Å². The molecule has 5 rings (SSSR count). The molecule has 0 amide bonds. The third-order valence-electron chi connectivity index (χ3n) is 4.72. The number of aromatic nitrogens is 7. The summed E-state index contributed by atoms with van der Waals surface area (Å²) >= 11 is 0. The van der Waals surface area contributed by atoms with Gasteiger partial charge in [0.05, 0.1) is 30.3 Å². The molecule has 0 saturated heterocycles. The first-order chi connectivity index (χ1) is 14.0. The highest BCUT2D eigenvalue weighted by atomic mass is 19.1. The maximum atomic E-state index is 13.7. The lowest BCUT2D eigenvalue weighted by molar-refractivity contribution is 0.592. The maximum absolute atomic E-state index is 13.7. The summed E-state index contributed by atoms with van der Waals surface area (Å²) in [5.41, 5.74) is 1.92. The highest BCUT2D eigenvalue weighted by Crippen LogP contribution is 2.22. The van der Waals surface area contributed by atoms with Crippen molar-refractivity contribution in [2.75, 3.05) is 0 Å². The van der Waals surface area contributed by atoms with Crippen LogP contribution >= 0.6 is 0 Å². The minimum absolute atomic E-state index is 0.280. The number of hydrogen-bond acceptors (Lipinski definition) is 5. The lowest BCUT2D eigenvalue weighted by atomic mass is 10.2. The van der Waals surface area contributed by atoms with Crippen molar-refractivity contribution in [1.29, 1.82) is 0 Å². The van der Waals surface area contributed by atoms with E-state index >= 15 is 0 Å². The summed E-state index contributed by atoms with van der Waals surface area (Å²) in [6.07, 6.45) is 5.41. The smallest absolute Gasteiger partial charge is 0.303 e. The molecule has 0 aliphatic heterocycles. The third-order valence-corrected chi connectivity index (χ3v) is 4.72. The van der Waals surface area contributed by atoms with Crippen LogP contribution in [0.25, 0.3) is 28.3 Å². The molecule has 5 aromatic rings. The number of H-pyrrole nitrogens is 1. The summed E-state index contributed by atoms with van der Waals surface area (Å²) in [6, 6.07) is 5.16. The van der Waals surface area contributed by atoms with Gasteiger partial charge in [-0.05, 0) is 31.2 Å². The van der Waals surface area contributed by atoms with E-state index in [9.17, 15) is 13.6 Å². The molecule has 0 bridgehead atoms. The SMILES string of the molecule is C[C@@H](c1ccc(F)cn1)n1c(=O)[nH]c2cnc(-c3cnc4ccc(F)cn34)nc21. The molecule has 5 heterocycles. The van der Waals surface area contributed by atoms with Gasteiger partial charge in [-0.15, -0.1) is 0 Å². The van der Waals surface area contributed by atoms with Crippen LogP contribution in [0.2, 0.25) is 0 Å². The molecule has 29 heavy (non-hydrogen) atoms. The molecule has 10 heteroatoms. The molecule has 0 aliphatic carbocycles. The summed E-state index contributed by atoms with van der Waals surface area (Å²) in [6.45, 7) is 1.76. The molecule has 0 aliphatic rings. The number of hydrogen-bond donors (Lipinski definition) is 1. The van der Waals surface area contributed by atoms with Crippen LogP contribution in [0.15, 0.2) is 53.8 Å². The second kappa shape index (κ2) is 6.30. The maximum Gasteiger partial charge on any atom is 0.328 e. The largest absolute Gasteiger partial charge is 0.328 e. The predicted octanol–water partition coefficient (Wildman–Crippen LogP) is 2.72. The predicted molar refractivity (Wildman–Crippen MR) is 100 cm³/mol. The van der Waals surface area contributed by atoms with E-state index in [2.05, 4.69) is 24.9 Å². The van der Waals surface area contributed by atoms with Crippen LogP contribution in [0, 0.1) is 11.6 Å². The number of fused-ring (bicyclic) bond motifs is 2. The van der Waals surface area contributed by atoms with Crippen LogP contribution in [0.3, 0.4) is 0 Å². The van der Waals surface area contributed by atoms with Crippen LogP contribution in [0.4, 0.5) is 8.78 Å². The zero-order chi connectivity index (χ0) is 20.1. The van der Waals surface area contributed by atoms with E-state index in [4.69, 9.17) is 0 Å². The lowest BCUT2D eigenvalue weighted by Gasteiger charge is -2.12. The lowest BCUT2D eigenvalue weighted by Crippen LogP contribution is -2.22. The van der Waals surface area contributed by atoms with Gasteiger partial charge < -0.3 is 4.98 Å². The first-order valence-electron chi connectivity index (χ1n) is 8.73. The molecule has 0 fully saturated rings. The Hall–Kier alpha value is -3.95. The third kappa shape index (κ3) is 2.76. The minimum atomic E-state index is -0.501. The van der Waals surface area contributed by atoms with Crippen LogP contribution in [0.5, 0.6) is 0 Å². The highest BCUT2D eigenvalue weighted by Gasteiger charge is 2.19. The molecule has 0 saturated carbocycles. The number of aromatic amines is 1. The Bertz CT molecular complexity index is 1420. The first kappa shape index (κ1) is 17.2. The number of rotatable bonds is 3. The summed E-state index contributed by atoms with van der Waals surface area (Å²) in [5.74, 6) is -0.605. The van der Waals surface area contributed by atoms with Crippen molar-refractivity contribution in [3.05, 3.63) is 76.9 Å². The summed E-state index contributed by atoms with van der Waals surface area (Å²) in [5, 5.41) is 0. The van der Waals surface area contributed by atoms with Crippen LogP contribution in [-0.4, -0.2) is 33.9 Å². The number of nitrogens with one attached hydrogen (secondary N) is 1. The van der Waals surface area contributed by atoms with E-state index in [0.717, 1.165) is 6.20 Å². The van der Waals surface area contributed by atoms with E-state index in [1.807, 2.05) is 0 Å². The van der Waals surface area contributed by atoms with Crippen LogP contribution < -0.4 is 5.69 Å². The van der Waals surface area contributed by atoms with Gasteiger partial charge >= 0.3 is 5.69 Å². The average Bonchev–Trinajstić information content (AvgIpc) is 3.27. The summed E-state index contributed by atoms with van der Waals surface area (Å²) < 4.78 is 29.8. The topological polar surface area (TPSA) is 93.8 Å². The zero-order valence-electron chi connectivity index (χ0n) is 15.0. The first-order valence-corrected chi connectivity index (χ1v) is 8.73. The fourth-order valence-electron chi connectivity index (χ4n) is 3.29. The Morgan fingerprint density at radius 2 is 1.83 bits per heavy atom. The van der Waals surface area contributed by atoms with E-state index in [-0.39, 0.29) is 5.82 Å². The van der Waals surface area contributed by atoms with Gasteiger partial charge in [0.2, 0.25) is 0 Å². The van der Waals surface area contributed by atoms with Crippen molar-refractivity contribution >= 4 is 16.8 Å². The molecule has 8 nitrogen and oxygen atoms in total. The minimum Gasteiger partial charge on any atom is -0.303 e. The van der Waals surface area contributed by atoms with Gasteiger partial charge in [0.1, 0.15) is 28.5 Å². The Balaban J connectivity index is 1.68. The molecule has 1 atom stereocenters.